The van der Waals surface area contributed by atoms with E-state index >= 15 is 0 Å². The standard InChI is InChI=1S/C21H28O5.C18H27NO4.C8H8O3.C6H9ClO.CH4.H2/c1-5-6-7-8-17(22)13-16(11-14(2)3)21(25)26-19-12-15(4)9-10-18(19)20(23)24;1-11(2)9-14(19)17(21)22-15-10-12(3)7-8-13(15)16(20)23-18(4,5)6;1-5-2-3-6(8(10)11)7(9)4-5;1-2-3-4-5-6(7)8;;/h6-7,9-10,12,14,16H,5,8,11,13H2,1-4H3,(H,23,24);7-8,10-11,14H,9,19H2,1-6H3;2-4,9H,1H3,(H,10,11);3-4H,2,5H2,1H3;1H4;1H/b7-6-;;;4-3-;;. The van der Waals surface area contributed by atoms with Crippen molar-refractivity contribution < 1.29 is 64.5 Å². The van der Waals surface area contributed by atoms with Crippen LogP contribution < -0.4 is 15.2 Å². The minimum atomic E-state index is -1.16. The highest BCUT2D eigenvalue weighted by molar-refractivity contribution is 6.63. The summed E-state index contributed by atoms with van der Waals surface area (Å²) >= 11 is 5.02. The lowest BCUT2D eigenvalue weighted by Gasteiger charge is -2.21. The number of allylic oxidation sites excluding steroid dienone is 4. The summed E-state index contributed by atoms with van der Waals surface area (Å²) in [6.07, 6.45) is 11.0. The number of ketones is 1. The van der Waals surface area contributed by atoms with E-state index in [4.69, 9.17) is 41.8 Å². The smallest absolute Gasteiger partial charge is 0.342 e. The number of phenols is 1. The van der Waals surface area contributed by atoms with Crippen molar-refractivity contribution in [3.8, 4) is 17.2 Å². The number of aryl methyl sites for hydroxylation is 3. The van der Waals surface area contributed by atoms with Crippen molar-refractivity contribution in [2.45, 2.75) is 147 Å². The molecule has 3 rings (SSSR count). The van der Waals surface area contributed by atoms with E-state index in [1.54, 1.807) is 71.0 Å². The lowest BCUT2D eigenvalue weighted by molar-refractivity contribution is -0.141. The van der Waals surface area contributed by atoms with Crippen LogP contribution in [0.1, 0.15) is 164 Å². The first kappa shape index (κ1) is 65.0. The summed E-state index contributed by atoms with van der Waals surface area (Å²) < 4.78 is 16.1. The van der Waals surface area contributed by atoms with E-state index in [0.29, 0.717) is 25.7 Å². The van der Waals surface area contributed by atoms with Crippen molar-refractivity contribution in [3.63, 3.8) is 0 Å². The summed E-state index contributed by atoms with van der Waals surface area (Å²) in [4.78, 5) is 80.9. The fourth-order valence-corrected chi connectivity index (χ4v) is 5.91. The van der Waals surface area contributed by atoms with Crippen molar-refractivity contribution >= 4 is 52.5 Å². The van der Waals surface area contributed by atoms with Crippen molar-refractivity contribution in [1.82, 2.24) is 0 Å². The average Bonchev–Trinajstić information content (AvgIpc) is 3.20. The Hall–Kier alpha value is -6.12. The first-order valence-corrected chi connectivity index (χ1v) is 22.9. The number of hydrogen-bond acceptors (Lipinski definition) is 12. The Morgan fingerprint density at radius 2 is 1.10 bits per heavy atom. The summed E-state index contributed by atoms with van der Waals surface area (Å²) in [6.45, 7) is 22.7. The van der Waals surface area contributed by atoms with Gasteiger partial charge in [-0.15, -0.1) is 0 Å². The van der Waals surface area contributed by atoms with Gasteiger partial charge in [-0.05, 0) is 144 Å². The summed E-state index contributed by atoms with van der Waals surface area (Å²) in [6, 6.07) is 13.3. The SMILES string of the molecule is C.CC/C=C\CC(=O)CC(CC(C)C)C(=O)Oc1cc(C)ccc1C(=O)O.CC/C=C\CC(=O)Cl.Cc1ccc(C(=O)O)c(O)c1.Cc1ccc(C(=O)OC(C)(C)C)c(OC(=O)C(N)CC(C)C)c1.[HH]. The second-order valence-electron chi connectivity index (χ2n) is 17.8. The fraction of sp³-hybridized carbons (Fsp3) is 0.463. The molecule has 14 nitrogen and oxygen atoms in total. The van der Waals surface area contributed by atoms with Crippen molar-refractivity contribution in [2.24, 2.45) is 23.5 Å². The molecule has 384 valence electrons. The number of hydrogen-bond donors (Lipinski definition) is 4. The van der Waals surface area contributed by atoms with Gasteiger partial charge >= 0.3 is 29.8 Å². The number of rotatable bonds is 19. The Kier molecular flexibility index (Phi) is 31.4. The molecule has 0 amide bonds. The minimum Gasteiger partial charge on any atom is -0.507 e. The van der Waals surface area contributed by atoms with Crippen LogP contribution in [0, 0.1) is 38.5 Å². The topological polar surface area (TPSA) is 234 Å². The number of ether oxygens (including phenoxy) is 3. The van der Waals surface area contributed by atoms with E-state index in [1.165, 1.54) is 24.3 Å². The summed E-state index contributed by atoms with van der Waals surface area (Å²) in [7, 11) is 0. The third kappa shape index (κ3) is 28.7. The lowest BCUT2D eigenvalue weighted by Crippen LogP contribution is -2.35. The number of esters is 3. The molecule has 5 N–H and O–H groups in total. The molecule has 0 aliphatic carbocycles. The van der Waals surface area contributed by atoms with Crippen LogP contribution in [0.2, 0.25) is 0 Å². The third-order valence-corrected chi connectivity index (χ3v) is 9.10. The Bertz CT molecular complexity index is 2210. The highest BCUT2D eigenvalue weighted by Crippen LogP contribution is 2.26. The molecule has 0 aromatic heterocycles. The number of aromatic carboxylic acids is 2. The van der Waals surface area contributed by atoms with Gasteiger partial charge in [0.2, 0.25) is 5.24 Å². The van der Waals surface area contributed by atoms with Gasteiger partial charge in [-0.3, -0.25) is 14.4 Å². The Morgan fingerprint density at radius 1 is 0.667 bits per heavy atom. The van der Waals surface area contributed by atoms with Gasteiger partial charge in [-0.2, -0.15) is 0 Å². The molecule has 0 saturated heterocycles. The summed E-state index contributed by atoms with van der Waals surface area (Å²) in [5.41, 5.74) is 7.81. The molecular weight excluding hydrogens is 906 g/mol. The Balaban J connectivity index is -0.000000924. The second kappa shape index (κ2) is 33.4. The van der Waals surface area contributed by atoms with Gasteiger partial charge in [0.05, 0.1) is 5.92 Å². The Morgan fingerprint density at radius 3 is 1.54 bits per heavy atom. The van der Waals surface area contributed by atoms with Crippen molar-refractivity contribution in [1.29, 1.82) is 0 Å². The number of carboxylic acids is 2. The van der Waals surface area contributed by atoms with Crippen LogP contribution in [-0.4, -0.2) is 67.8 Å². The molecule has 0 fully saturated rings. The van der Waals surface area contributed by atoms with Gasteiger partial charge in [0.1, 0.15) is 51.4 Å². The molecule has 0 heterocycles. The van der Waals surface area contributed by atoms with Crippen molar-refractivity contribution in [2.75, 3.05) is 0 Å². The van der Waals surface area contributed by atoms with Crippen LogP contribution in [0.25, 0.3) is 0 Å². The van der Waals surface area contributed by atoms with Crippen molar-refractivity contribution in [3.05, 3.63) is 112 Å². The predicted octanol–water partition coefficient (Wildman–Crippen LogP) is 12.2. The monoisotopic (exact) mass is 984 g/mol. The molecule has 0 spiro atoms. The lowest BCUT2D eigenvalue weighted by atomic mass is 9.91. The Labute approximate surface area is 415 Å². The number of aromatic hydroxyl groups is 1. The molecule has 3 aromatic rings. The number of carboxylic acid groups (broad SMARTS) is 2. The molecule has 3 aromatic carbocycles. The number of benzene rings is 3. The zero-order valence-corrected chi connectivity index (χ0v) is 42.4. The van der Waals surface area contributed by atoms with Crippen LogP contribution in [0.3, 0.4) is 0 Å². The number of halogens is 1. The van der Waals surface area contributed by atoms with E-state index < -0.39 is 47.4 Å². The normalized spacial score (nSPS) is 11.7. The molecular formula is C54H78ClNO13. The highest BCUT2D eigenvalue weighted by Gasteiger charge is 2.27. The number of carbonyl (C=O) groups excluding carboxylic acids is 5. The molecule has 2 atom stereocenters. The first-order valence-electron chi connectivity index (χ1n) is 22.5. The van der Waals surface area contributed by atoms with E-state index in [9.17, 15) is 38.7 Å². The average molecular weight is 985 g/mol. The maximum Gasteiger partial charge on any atom is 0.342 e. The van der Waals surface area contributed by atoms with Crippen LogP contribution >= 0.6 is 11.6 Å². The van der Waals surface area contributed by atoms with E-state index in [-0.39, 0.29) is 72.1 Å². The predicted molar refractivity (Wildman–Crippen MR) is 273 cm³/mol. The maximum absolute atomic E-state index is 12.6. The molecule has 15 heteroatoms. The molecule has 0 aliphatic rings. The summed E-state index contributed by atoms with van der Waals surface area (Å²) in [5.74, 6) is -4.00. The third-order valence-electron chi connectivity index (χ3n) is 8.95. The van der Waals surface area contributed by atoms with Gasteiger partial charge in [0, 0.05) is 20.7 Å². The fourth-order valence-electron chi connectivity index (χ4n) is 5.82. The minimum absolute atomic E-state index is 0. The quantitative estimate of drug-likeness (QED) is 0.0379. The molecule has 0 bridgehead atoms. The highest BCUT2D eigenvalue weighted by atomic mass is 35.5. The molecule has 2 unspecified atom stereocenters. The van der Waals surface area contributed by atoms with E-state index in [2.05, 4.69) is 0 Å². The summed E-state index contributed by atoms with van der Waals surface area (Å²) in [5, 5.41) is 26.5. The van der Waals surface area contributed by atoms with E-state index in [1.807, 2.05) is 66.7 Å². The van der Waals surface area contributed by atoms with Gasteiger partial charge in [-0.1, -0.05) is 91.5 Å². The molecule has 0 radical (unpaired) electrons. The molecule has 69 heavy (non-hydrogen) atoms. The van der Waals surface area contributed by atoms with Gasteiger partial charge in [0.25, 0.3) is 0 Å². The van der Waals surface area contributed by atoms with Gasteiger partial charge in [-0.25, -0.2) is 19.2 Å². The van der Waals surface area contributed by atoms with E-state index in [0.717, 1.165) is 29.5 Å². The zero-order valence-electron chi connectivity index (χ0n) is 41.6. The van der Waals surface area contributed by atoms with Gasteiger partial charge < -0.3 is 35.3 Å². The first-order chi connectivity index (χ1) is 31.6. The number of nitrogens with two attached hydrogens (primary N) is 1. The number of Topliss-reactive ketones (excluding diaryl/α,β-unsaturated/α-hetero) is 1. The molecule has 0 saturated carbocycles. The van der Waals surface area contributed by atoms with Crippen LogP contribution in [-0.2, 0) is 23.9 Å². The second-order valence-corrected chi connectivity index (χ2v) is 18.2. The van der Waals surface area contributed by atoms with Crippen LogP contribution in [0.4, 0.5) is 0 Å². The van der Waals surface area contributed by atoms with Crippen LogP contribution in [0.5, 0.6) is 17.2 Å². The van der Waals surface area contributed by atoms with Gasteiger partial charge in [0.15, 0.2) is 0 Å². The molecule has 0 aliphatic heterocycles. The maximum atomic E-state index is 12.6. The van der Waals surface area contributed by atoms with Crippen LogP contribution in [0.15, 0.2) is 78.9 Å². The zero-order chi connectivity index (χ0) is 52.3. The largest absolute Gasteiger partial charge is 0.507 e. The number of carbonyl (C=O) groups is 7.